The maximum absolute atomic E-state index is 13.3. The lowest BCUT2D eigenvalue weighted by atomic mass is 10.1. The van der Waals surface area contributed by atoms with Crippen LogP contribution in [0, 0.1) is 5.82 Å². The first-order valence-corrected chi connectivity index (χ1v) is 5.21. The van der Waals surface area contributed by atoms with E-state index in [-0.39, 0.29) is 5.82 Å². The van der Waals surface area contributed by atoms with E-state index < -0.39 is 0 Å². The molecule has 84 valence electrons. The summed E-state index contributed by atoms with van der Waals surface area (Å²) in [7, 11) is 3.83. The fourth-order valence-electron chi connectivity index (χ4n) is 1.44. The minimum Gasteiger partial charge on any atom is -0.372 e. The van der Waals surface area contributed by atoms with Gasteiger partial charge in [-0.2, -0.15) is 0 Å². The van der Waals surface area contributed by atoms with E-state index >= 15 is 0 Å². The van der Waals surface area contributed by atoms with Crippen LogP contribution in [-0.2, 0) is 6.54 Å². The van der Waals surface area contributed by atoms with Gasteiger partial charge in [-0.05, 0) is 44.7 Å². The SMILES string of the molecule is CNCc1cc(F)cc(N(C)C(C)C)c1. The highest BCUT2D eigenvalue weighted by Gasteiger charge is 2.07. The second-order valence-corrected chi connectivity index (χ2v) is 4.05. The maximum atomic E-state index is 13.3. The monoisotopic (exact) mass is 210 g/mol. The summed E-state index contributed by atoms with van der Waals surface area (Å²) >= 11 is 0. The Hall–Kier alpha value is -1.09. The van der Waals surface area contributed by atoms with E-state index in [1.807, 2.05) is 20.2 Å². The highest BCUT2D eigenvalue weighted by molar-refractivity contribution is 5.49. The molecule has 0 spiro atoms. The van der Waals surface area contributed by atoms with Gasteiger partial charge in [0.15, 0.2) is 0 Å². The fraction of sp³-hybridized carbons (Fsp3) is 0.500. The number of halogens is 1. The van der Waals surface area contributed by atoms with Gasteiger partial charge in [-0.1, -0.05) is 0 Å². The van der Waals surface area contributed by atoms with Crippen LogP contribution >= 0.6 is 0 Å². The average Bonchev–Trinajstić information content (AvgIpc) is 2.16. The van der Waals surface area contributed by atoms with E-state index in [1.54, 1.807) is 12.1 Å². The molecule has 0 saturated heterocycles. The average molecular weight is 210 g/mol. The third kappa shape index (κ3) is 3.20. The largest absolute Gasteiger partial charge is 0.372 e. The standard InChI is InChI=1S/C12H19FN2/c1-9(2)15(4)12-6-10(8-14-3)5-11(13)7-12/h5-7,9,14H,8H2,1-4H3. The highest BCUT2D eigenvalue weighted by atomic mass is 19.1. The molecule has 1 N–H and O–H groups in total. The molecule has 0 aliphatic carbocycles. The molecule has 3 heteroatoms. The van der Waals surface area contributed by atoms with Gasteiger partial charge < -0.3 is 10.2 Å². The summed E-state index contributed by atoms with van der Waals surface area (Å²) in [6, 6.07) is 5.52. The molecule has 0 aromatic heterocycles. The van der Waals surface area contributed by atoms with Gasteiger partial charge in [0.2, 0.25) is 0 Å². The molecule has 0 radical (unpaired) electrons. The van der Waals surface area contributed by atoms with Crippen molar-refractivity contribution in [1.29, 1.82) is 0 Å². The van der Waals surface area contributed by atoms with Gasteiger partial charge in [-0.25, -0.2) is 4.39 Å². The van der Waals surface area contributed by atoms with Gasteiger partial charge in [-0.15, -0.1) is 0 Å². The molecule has 0 atom stereocenters. The van der Waals surface area contributed by atoms with Gasteiger partial charge in [0, 0.05) is 25.3 Å². The van der Waals surface area contributed by atoms with Gasteiger partial charge >= 0.3 is 0 Å². The van der Waals surface area contributed by atoms with Crippen LogP contribution in [0.25, 0.3) is 0 Å². The van der Waals surface area contributed by atoms with E-state index in [2.05, 4.69) is 24.1 Å². The second kappa shape index (κ2) is 5.12. The second-order valence-electron chi connectivity index (χ2n) is 4.05. The molecule has 1 aromatic carbocycles. The van der Waals surface area contributed by atoms with Crippen LogP contribution in [0.15, 0.2) is 18.2 Å². The molecule has 0 unspecified atom stereocenters. The summed E-state index contributed by atoms with van der Waals surface area (Å²) < 4.78 is 13.3. The molecular formula is C12H19FN2. The quantitative estimate of drug-likeness (QED) is 0.821. The Morgan fingerprint density at radius 3 is 2.53 bits per heavy atom. The summed E-state index contributed by atoms with van der Waals surface area (Å²) in [6.45, 7) is 4.86. The first-order valence-electron chi connectivity index (χ1n) is 5.21. The number of nitrogens with one attached hydrogen (secondary N) is 1. The lowest BCUT2D eigenvalue weighted by molar-refractivity contribution is 0.621. The topological polar surface area (TPSA) is 15.3 Å². The molecule has 1 aromatic rings. The maximum Gasteiger partial charge on any atom is 0.125 e. The van der Waals surface area contributed by atoms with Crippen molar-refractivity contribution in [3.63, 3.8) is 0 Å². The van der Waals surface area contributed by atoms with Gasteiger partial charge in [0.1, 0.15) is 5.82 Å². The van der Waals surface area contributed by atoms with Crippen LogP contribution in [0.2, 0.25) is 0 Å². The Balaban J connectivity index is 2.97. The molecule has 0 saturated carbocycles. The molecule has 15 heavy (non-hydrogen) atoms. The summed E-state index contributed by atoms with van der Waals surface area (Å²) in [5.41, 5.74) is 1.90. The number of hydrogen-bond acceptors (Lipinski definition) is 2. The molecule has 0 amide bonds. The minimum absolute atomic E-state index is 0.176. The molecule has 0 fully saturated rings. The Labute approximate surface area is 91.1 Å². The van der Waals surface area contributed by atoms with E-state index in [0.29, 0.717) is 12.6 Å². The van der Waals surface area contributed by atoms with Crippen molar-refractivity contribution < 1.29 is 4.39 Å². The van der Waals surface area contributed by atoms with Crippen LogP contribution in [0.3, 0.4) is 0 Å². The number of nitrogens with zero attached hydrogens (tertiary/aromatic N) is 1. The van der Waals surface area contributed by atoms with Crippen molar-refractivity contribution >= 4 is 5.69 Å². The molecule has 0 aliphatic rings. The first kappa shape index (κ1) is 12.0. The Morgan fingerprint density at radius 2 is 2.00 bits per heavy atom. The van der Waals surface area contributed by atoms with Crippen molar-refractivity contribution in [3.05, 3.63) is 29.6 Å². The van der Waals surface area contributed by atoms with Crippen LogP contribution in [0.1, 0.15) is 19.4 Å². The van der Waals surface area contributed by atoms with Gasteiger partial charge in [0.05, 0.1) is 0 Å². The zero-order valence-corrected chi connectivity index (χ0v) is 9.84. The summed E-state index contributed by atoms with van der Waals surface area (Å²) in [6.07, 6.45) is 0. The van der Waals surface area contributed by atoms with Crippen LogP contribution in [0.5, 0.6) is 0 Å². The van der Waals surface area contributed by atoms with E-state index in [1.165, 1.54) is 0 Å². The van der Waals surface area contributed by atoms with Crippen molar-refractivity contribution in [2.45, 2.75) is 26.4 Å². The van der Waals surface area contributed by atoms with Crippen LogP contribution < -0.4 is 10.2 Å². The van der Waals surface area contributed by atoms with Crippen LogP contribution in [0.4, 0.5) is 10.1 Å². The number of benzene rings is 1. The summed E-state index contributed by atoms with van der Waals surface area (Å²) in [5.74, 6) is -0.176. The summed E-state index contributed by atoms with van der Waals surface area (Å²) in [5, 5.41) is 3.02. The Bertz CT molecular complexity index is 323. The third-order valence-corrected chi connectivity index (χ3v) is 2.51. The predicted octanol–water partition coefficient (Wildman–Crippen LogP) is 2.39. The Morgan fingerprint density at radius 1 is 1.33 bits per heavy atom. The molecule has 1 rings (SSSR count). The first-order chi connectivity index (χ1) is 7.04. The van der Waals surface area contributed by atoms with E-state index in [4.69, 9.17) is 0 Å². The zero-order valence-electron chi connectivity index (χ0n) is 9.84. The van der Waals surface area contributed by atoms with E-state index in [9.17, 15) is 4.39 Å². The van der Waals surface area contributed by atoms with Crippen molar-refractivity contribution in [2.24, 2.45) is 0 Å². The van der Waals surface area contributed by atoms with Gasteiger partial charge in [-0.3, -0.25) is 0 Å². The Kier molecular flexibility index (Phi) is 4.09. The number of anilines is 1. The molecule has 0 heterocycles. The molecular weight excluding hydrogens is 191 g/mol. The lowest BCUT2D eigenvalue weighted by Gasteiger charge is -2.24. The van der Waals surface area contributed by atoms with Gasteiger partial charge in [0.25, 0.3) is 0 Å². The van der Waals surface area contributed by atoms with Crippen molar-refractivity contribution in [1.82, 2.24) is 5.32 Å². The normalized spacial score (nSPS) is 10.8. The van der Waals surface area contributed by atoms with Crippen molar-refractivity contribution in [3.8, 4) is 0 Å². The van der Waals surface area contributed by atoms with Crippen LogP contribution in [-0.4, -0.2) is 20.1 Å². The third-order valence-electron chi connectivity index (χ3n) is 2.51. The fourth-order valence-corrected chi connectivity index (χ4v) is 1.44. The molecule has 0 aliphatic heterocycles. The molecule has 0 bridgehead atoms. The summed E-state index contributed by atoms with van der Waals surface area (Å²) in [4.78, 5) is 2.06. The van der Waals surface area contributed by atoms with Crippen molar-refractivity contribution in [2.75, 3.05) is 19.0 Å². The number of hydrogen-bond donors (Lipinski definition) is 1. The highest BCUT2D eigenvalue weighted by Crippen LogP contribution is 2.19. The lowest BCUT2D eigenvalue weighted by Crippen LogP contribution is -2.25. The smallest absolute Gasteiger partial charge is 0.125 e. The minimum atomic E-state index is -0.176. The number of rotatable bonds is 4. The zero-order chi connectivity index (χ0) is 11.4. The van der Waals surface area contributed by atoms with E-state index in [0.717, 1.165) is 11.3 Å². The molecule has 2 nitrogen and oxygen atoms in total. The predicted molar refractivity (Wildman–Crippen MR) is 62.7 cm³/mol.